The molecule has 3 heterocycles. The SMILES string of the molecule is NC1CCN(Cc2ccc(C(=O)Nc3ccnc(Nc4cccc(N5C=NC=CC5)c4)c3)cc2)CC1. The van der Waals surface area contributed by atoms with Gasteiger partial charge < -0.3 is 21.3 Å². The summed E-state index contributed by atoms with van der Waals surface area (Å²) in [4.78, 5) is 25.9. The molecule has 0 saturated carbocycles. The van der Waals surface area contributed by atoms with Crippen LogP contribution in [0.15, 0.2) is 84.1 Å². The molecule has 0 spiro atoms. The zero-order valence-corrected chi connectivity index (χ0v) is 20.2. The van der Waals surface area contributed by atoms with Crippen molar-refractivity contribution in [2.24, 2.45) is 10.7 Å². The van der Waals surface area contributed by atoms with Gasteiger partial charge >= 0.3 is 0 Å². The van der Waals surface area contributed by atoms with Gasteiger partial charge in [-0.1, -0.05) is 18.2 Å². The molecule has 1 fully saturated rings. The number of carbonyl (C=O) groups excluding carboxylic acids is 1. The zero-order chi connectivity index (χ0) is 24.7. The van der Waals surface area contributed by atoms with Crippen LogP contribution in [0, 0.1) is 0 Å². The third-order valence-electron chi connectivity index (χ3n) is 6.42. The van der Waals surface area contributed by atoms with Gasteiger partial charge in [0.2, 0.25) is 0 Å². The molecule has 0 bridgehead atoms. The molecule has 0 aliphatic carbocycles. The molecule has 0 unspecified atom stereocenters. The number of hydrogen-bond donors (Lipinski definition) is 3. The van der Waals surface area contributed by atoms with Crippen LogP contribution in [0.25, 0.3) is 0 Å². The summed E-state index contributed by atoms with van der Waals surface area (Å²) in [6.07, 6.45) is 9.37. The highest BCUT2D eigenvalue weighted by Gasteiger charge is 2.16. The minimum Gasteiger partial charge on any atom is -0.340 e. The number of hydrogen-bond acceptors (Lipinski definition) is 7. The minimum absolute atomic E-state index is 0.151. The summed E-state index contributed by atoms with van der Waals surface area (Å²) in [5.74, 6) is 0.496. The zero-order valence-electron chi connectivity index (χ0n) is 20.2. The molecule has 8 nitrogen and oxygen atoms in total. The van der Waals surface area contributed by atoms with Crippen LogP contribution < -0.4 is 21.3 Å². The molecule has 3 aromatic rings. The smallest absolute Gasteiger partial charge is 0.255 e. The van der Waals surface area contributed by atoms with Crippen LogP contribution in [0.5, 0.6) is 0 Å². The lowest BCUT2D eigenvalue weighted by Gasteiger charge is -2.30. The molecule has 1 amide bonds. The normalized spacial score (nSPS) is 16.2. The summed E-state index contributed by atoms with van der Waals surface area (Å²) in [5.41, 5.74) is 10.4. The van der Waals surface area contributed by atoms with Crippen LogP contribution in [-0.4, -0.2) is 47.8 Å². The molecule has 8 heteroatoms. The first-order chi connectivity index (χ1) is 17.6. The molecule has 2 aromatic carbocycles. The van der Waals surface area contributed by atoms with Crippen molar-refractivity contribution in [2.45, 2.75) is 25.4 Å². The Bertz CT molecular complexity index is 1250. The van der Waals surface area contributed by atoms with E-state index in [4.69, 9.17) is 5.73 Å². The highest BCUT2D eigenvalue weighted by Crippen LogP contribution is 2.23. The number of nitrogens with zero attached hydrogens (tertiary/aromatic N) is 4. The van der Waals surface area contributed by atoms with E-state index in [2.05, 4.69) is 30.4 Å². The number of anilines is 4. The maximum Gasteiger partial charge on any atom is 0.255 e. The largest absolute Gasteiger partial charge is 0.340 e. The van der Waals surface area contributed by atoms with Crippen LogP contribution in [0.4, 0.5) is 22.9 Å². The van der Waals surface area contributed by atoms with E-state index in [1.54, 1.807) is 18.5 Å². The Morgan fingerprint density at radius 2 is 1.86 bits per heavy atom. The lowest BCUT2D eigenvalue weighted by molar-refractivity contribution is 0.102. The number of amides is 1. The van der Waals surface area contributed by atoms with Crippen LogP contribution in [0.1, 0.15) is 28.8 Å². The summed E-state index contributed by atoms with van der Waals surface area (Å²) in [6, 6.07) is 19.8. The predicted octanol–water partition coefficient (Wildman–Crippen LogP) is 4.36. The van der Waals surface area contributed by atoms with Gasteiger partial charge in [-0.25, -0.2) is 9.98 Å². The molecule has 5 rings (SSSR count). The topological polar surface area (TPSA) is 98.9 Å². The first-order valence-electron chi connectivity index (χ1n) is 12.3. The Morgan fingerprint density at radius 1 is 1.03 bits per heavy atom. The van der Waals surface area contributed by atoms with E-state index in [0.29, 0.717) is 23.1 Å². The Hall–Kier alpha value is -4.01. The Balaban J connectivity index is 1.19. The number of likely N-dealkylation sites (tertiary alicyclic amines) is 1. The molecular weight excluding hydrogens is 450 g/mol. The van der Waals surface area contributed by atoms with E-state index >= 15 is 0 Å². The van der Waals surface area contributed by atoms with Crippen molar-refractivity contribution < 1.29 is 4.79 Å². The van der Waals surface area contributed by atoms with Gasteiger partial charge in [0.25, 0.3) is 5.91 Å². The van der Waals surface area contributed by atoms with Gasteiger partial charge in [0, 0.05) is 60.2 Å². The van der Waals surface area contributed by atoms with Crippen LogP contribution in [0.2, 0.25) is 0 Å². The lowest BCUT2D eigenvalue weighted by Crippen LogP contribution is -2.39. The fourth-order valence-corrected chi connectivity index (χ4v) is 4.38. The van der Waals surface area contributed by atoms with Crippen molar-refractivity contribution in [1.82, 2.24) is 9.88 Å². The third kappa shape index (κ3) is 6.16. The molecule has 36 heavy (non-hydrogen) atoms. The first kappa shape index (κ1) is 23.7. The Labute approximate surface area is 211 Å². The molecule has 0 radical (unpaired) electrons. The van der Waals surface area contributed by atoms with Crippen molar-refractivity contribution in [3.8, 4) is 0 Å². The standard InChI is InChI=1S/C28H31N7O/c29-23-10-15-34(16-11-23)19-21-5-7-22(8-6-21)28(36)33-25-9-13-31-27(18-25)32-24-3-1-4-26(17-24)35-14-2-12-30-20-35/h1-9,12-13,17-18,20,23H,10-11,14-16,19,29H2,(H2,31,32,33,36). The molecule has 1 aromatic heterocycles. The van der Waals surface area contributed by atoms with Crippen molar-refractivity contribution in [3.05, 3.63) is 90.3 Å². The summed E-state index contributed by atoms with van der Waals surface area (Å²) >= 11 is 0. The monoisotopic (exact) mass is 481 g/mol. The predicted molar refractivity (Wildman–Crippen MR) is 146 cm³/mol. The van der Waals surface area contributed by atoms with Crippen molar-refractivity contribution in [1.29, 1.82) is 0 Å². The first-order valence-corrected chi connectivity index (χ1v) is 12.3. The van der Waals surface area contributed by atoms with Gasteiger partial charge in [0.05, 0.1) is 6.34 Å². The molecule has 0 atom stereocenters. The number of piperidine rings is 1. The van der Waals surface area contributed by atoms with E-state index in [9.17, 15) is 4.79 Å². The Morgan fingerprint density at radius 3 is 2.64 bits per heavy atom. The van der Waals surface area contributed by atoms with E-state index in [1.807, 2.05) is 67.0 Å². The average molecular weight is 482 g/mol. The van der Waals surface area contributed by atoms with Crippen molar-refractivity contribution >= 4 is 35.1 Å². The molecule has 2 aliphatic heterocycles. The van der Waals surface area contributed by atoms with Gasteiger partial charge in [-0.05, 0) is 74.0 Å². The highest BCUT2D eigenvalue weighted by atomic mass is 16.1. The van der Waals surface area contributed by atoms with Gasteiger partial charge in [-0.3, -0.25) is 9.69 Å². The second-order valence-electron chi connectivity index (χ2n) is 9.17. The van der Waals surface area contributed by atoms with Crippen LogP contribution in [-0.2, 0) is 6.54 Å². The number of nitrogens with one attached hydrogen (secondary N) is 2. The number of nitrogens with two attached hydrogens (primary N) is 1. The lowest BCUT2D eigenvalue weighted by atomic mass is 10.0. The maximum atomic E-state index is 12.8. The number of benzene rings is 2. The van der Waals surface area contributed by atoms with E-state index < -0.39 is 0 Å². The molecule has 184 valence electrons. The van der Waals surface area contributed by atoms with Gasteiger partial charge in [-0.15, -0.1) is 0 Å². The second kappa shape index (κ2) is 11.2. The molecule has 4 N–H and O–H groups in total. The summed E-state index contributed by atoms with van der Waals surface area (Å²) in [6.45, 7) is 3.71. The van der Waals surface area contributed by atoms with Gasteiger partial charge in [0.1, 0.15) is 5.82 Å². The number of aromatic nitrogens is 1. The maximum absolute atomic E-state index is 12.8. The van der Waals surface area contributed by atoms with Crippen LogP contribution >= 0.6 is 0 Å². The molecule has 2 aliphatic rings. The van der Waals surface area contributed by atoms with Gasteiger partial charge in [0.15, 0.2) is 0 Å². The molecular formula is C28H31N7O. The number of pyridine rings is 1. The van der Waals surface area contributed by atoms with E-state index in [1.165, 1.54) is 5.56 Å². The fourth-order valence-electron chi connectivity index (χ4n) is 4.38. The Kier molecular flexibility index (Phi) is 7.35. The van der Waals surface area contributed by atoms with E-state index in [-0.39, 0.29) is 5.91 Å². The fraction of sp³-hybridized carbons (Fsp3) is 0.250. The van der Waals surface area contributed by atoms with Crippen LogP contribution in [0.3, 0.4) is 0 Å². The molecule has 1 saturated heterocycles. The highest BCUT2D eigenvalue weighted by molar-refractivity contribution is 6.04. The van der Waals surface area contributed by atoms with Crippen molar-refractivity contribution in [2.75, 3.05) is 35.2 Å². The second-order valence-corrected chi connectivity index (χ2v) is 9.17. The number of aliphatic imine (C=N–C) groups is 1. The van der Waals surface area contributed by atoms with Gasteiger partial charge in [-0.2, -0.15) is 0 Å². The average Bonchev–Trinajstić information content (AvgIpc) is 2.91. The van der Waals surface area contributed by atoms with E-state index in [0.717, 1.165) is 50.4 Å². The summed E-state index contributed by atoms with van der Waals surface area (Å²) in [7, 11) is 0. The number of carbonyl (C=O) groups is 1. The quantitative estimate of drug-likeness (QED) is 0.464. The van der Waals surface area contributed by atoms with Crippen molar-refractivity contribution in [3.63, 3.8) is 0 Å². The minimum atomic E-state index is -0.151. The summed E-state index contributed by atoms with van der Waals surface area (Å²) in [5, 5.41) is 6.30. The third-order valence-corrected chi connectivity index (χ3v) is 6.42. The number of rotatable bonds is 7. The summed E-state index contributed by atoms with van der Waals surface area (Å²) < 4.78 is 0.